The molecule has 2 atom stereocenters. The quantitative estimate of drug-likeness (QED) is 0.863. The van der Waals surface area contributed by atoms with E-state index in [9.17, 15) is 4.79 Å². The minimum absolute atomic E-state index is 0.0707. The van der Waals surface area contributed by atoms with Gasteiger partial charge in [-0.3, -0.25) is 4.79 Å². The summed E-state index contributed by atoms with van der Waals surface area (Å²) in [6, 6.07) is 5.68. The molecule has 0 saturated heterocycles. The van der Waals surface area contributed by atoms with Crippen molar-refractivity contribution in [1.29, 1.82) is 0 Å². The number of fused-ring (bicyclic) bond motifs is 1. The number of carbonyl (C=O) groups is 1. The Morgan fingerprint density at radius 1 is 1.67 bits per heavy atom. The first kappa shape index (κ1) is 13.4. The molecular weight excluding hydrogens is 298 g/mol. The molecule has 0 fully saturated rings. The zero-order valence-electron chi connectivity index (χ0n) is 10.4. The molecule has 1 N–H and O–H groups in total. The SMILES string of the molecule is COC(=O)C(C)NCC1Cc2cc(Br)ccc2O1. The van der Waals surface area contributed by atoms with Gasteiger partial charge in [-0.2, -0.15) is 0 Å². The average Bonchev–Trinajstić information content (AvgIpc) is 2.76. The third-order valence-corrected chi connectivity index (χ3v) is 3.46. The number of methoxy groups -OCH3 is 1. The molecule has 1 aliphatic rings. The van der Waals surface area contributed by atoms with E-state index in [1.165, 1.54) is 12.7 Å². The molecule has 2 rings (SSSR count). The first-order valence-corrected chi connectivity index (χ1v) is 6.65. The van der Waals surface area contributed by atoms with Gasteiger partial charge in [0.25, 0.3) is 0 Å². The first-order chi connectivity index (χ1) is 8.60. The van der Waals surface area contributed by atoms with E-state index in [0.29, 0.717) is 6.54 Å². The van der Waals surface area contributed by atoms with Gasteiger partial charge in [0.1, 0.15) is 17.9 Å². The van der Waals surface area contributed by atoms with Crippen molar-refractivity contribution in [3.8, 4) is 5.75 Å². The first-order valence-electron chi connectivity index (χ1n) is 5.86. The Morgan fingerprint density at radius 2 is 2.44 bits per heavy atom. The van der Waals surface area contributed by atoms with Gasteiger partial charge in [0.2, 0.25) is 0 Å². The van der Waals surface area contributed by atoms with Crippen molar-refractivity contribution in [2.45, 2.75) is 25.5 Å². The van der Waals surface area contributed by atoms with Crippen molar-refractivity contribution in [3.05, 3.63) is 28.2 Å². The zero-order valence-corrected chi connectivity index (χ0v) is 12.0. The predicted octanol–water partition coefficient (Wildman–Crippen LogP) is 1.90. The molecule has 0 saturated carbocycles. The Kier molecular flexibility index (Phi) is 4.24. The molecule has 0 aliphatic carbocycles. The Labute approximate surface area is 115 Å². The number of halogens is 1. The van der Waals surface area contributed by atoms with Gasteiger partial charge < -0.3 is 14.8 Å². The maximum atomic E-state index is 11.2. The number of ether oxygens (including phenoxy) is 2. The number of carbonyl (C=O) groups excluding carboxylic acids is 1. The number of rotatable bonds is 4. The Balaban J connectivity index is 1.86. The van der Waals surface area contributed by atoms with Crippen LogP contribution in [0, 0.1) is 0 Å². The van der Waals surface area contributed by atoms with Gasteiger partial charge in [-0.05, 0) is 30.7 Å². The summed E-state index contributed by atoms with van der Waals surface area (Å²) in [5.41, 5.74) is 1.20. The van der Waals surface area contributed by atoms with E-state index in [1.54, 1.807) is 6.92 Å². The lowest BCUT2D eigenvalue weighted by atomic mass is 10.1. The highest BCUT2D eigenvalue weighted by Crippen LogP contribution is 2.30. The van der Waals surface area contributed by atoms with E-state index in [2.05, 4.69) is 32.0 Å². The molecule has 98 valence electrons. The Hall–Kier alpha value is -1.07. The van der Waals surface area contributed by atoms with Gasteiger partial charge in [0, 0.05) is 17.4 Å². The maximum Gasteiger partial charge on any atom is 0.322 e. The number of nitrogens with one attached hydrogen (secondary N) is 1. The molecule has 4 nitrogen and oxygen atoms in total. The molecule has 0 radical (unpaired) electrons. The maximum absolute atomic E-state index is 11.2. The van der Waals surface area contributed by atoms with Crippen LogP contribution in [0.1, 0.15) is 12.5 Å². The fourth-order valence-electron chi connectivity index (χ4n) is 1.97. The van der Waals surface area contributed by atoms with Crippen LogP contribution in [-0.2, 0) is 16.0 Å². The monoisotopic (exact) mass is 313 g/mol. The minimum atomic E-state index is -0.311. The lowest BCUT2D eigenvalue weighted by Crippen LogP contribution is -2.40. The van der Waals surface area contributed by atoms with Crippen molar-refractivity contribution >= 4 is 21.9 Å². The van der Waals surface area contributed by atoms with E-state index in [0.717, 1.165) is 16.6 Å². The molecular formula is C13H16BrNO3. The molecule has 0 spiro atoms. The smallest absolute Gasteiger partial charge is 0.322 e. The van der Waals surface area contributed by atoms with E-state index in [-0.39, 0.29) is 18.1 Å². The molecule has 18 heavy (non-hydrogen) atoms. The van der Waals surface area contributed by atoms with E-state index in [1.807, 2.05) is 12.1 Å². The van der Waals surface area contributed by atoms with Crippen LogP contribution in [0.25, 0.3) is 0 Å². The summed E-state index contributed by atoms with van der Waals surface area (Å²) in [7, 11) is 1.39. The van der Waals surface area contributed by atoms with E-state index in [4.69, 9.17) is 4.74 Å². The molecule has 0 aromatic heterocycles. The average molecular weight is 314 g/mol. The second kappa shape index (κ2) is 5.71. The second-order valence-electron chi connectivity index (χ2n) is 4.35. The molecule has 2 unspecified atom stereocenters. The minimum Gasteiger partial charge on any atom is -0.488 e. The Morgan fingerprint density at radius 3 is 3.17 bits per heavy atom. The standard InChI is InChI=1S/C13H16BrNO3/c1-8(13(16)17-2)15-7-11-6-9-5-10(14)3-4-12(9)18-11/h3-5,8,11,15H,6-7H2,1-2H3. The highest BCUT2D eigenvalue weighted by molar-refractivity contribution is 9.10. The van der Waals surface area contributed by atoms with Crippen LogP contribution in [0.4, 0.5) is 0 Å². The summed E-state index contributed by atoms with van der Waals surface area (Å²) >= 11 is 3.44. The highest BCUT2D eigenvalue weighted by atomic mass is 79.9. The summed E-state index contributed by atoms with van der Waals surface area (Å²) in [6.45, 7) is 2.41. The topological polar surface area (TPSA) is 47.6 Å². The molecule has 5 heteroatoms. The molecule has 1 aromatic carbocycles. The van der Waals surface area contributed by atoms with Gasteiger partial charge in [-0.1, -0.05) is 15.9 Å². The van der Waals surface area contributed by atoms with Crippen LogP contribution < -0.4 is 10.1 Å². The highest BCUT2D eigenvalue weighted by Gasteiger charge is 2.24. The van der Waals surface area contributed by atoms with Crippen molar-refractivity contribution < 1.29 is 14.3 Å². The molecule has 0 bridgehead atoms. The molecule has 1 aromatic rings. The summed E-state index contributed by atoms with van der Waals surface area (Å²) in [5.74, 6) is 0.670. The summed E-state index contributed by atoms with van der Waals surface area (Å²) in [6.07, 6.45) is 0.928. The van der Waals surface area contributed by atoms with Crippen LogP contribution >= 0.6 is 15.9 Å². The van der Waals surface area contributed by atoms with Gasteiger partial charge >= 0.3 is 5.97 Å². The normalized spacial score (nSPS) is 18.9. The van der Waals surface area contributed by atoms with Gasteiger partial charge in [-0.25, -0.2) is 0 Å². The molecule has 1 heterocycles. The van der Waals surface area contributed by atoms with Crippen LogP contribution in [0.2, 0.25) is 0 Å². The van der Waals surface area contributed by atoms with Gasteiger partial charge in [-0.15, -0.1) is 0 Å². The van der Waals surface area contributed by atoms with E-state index >= 15 is 0 Å². The molecule has 0 amide bonds. The van der Waals surface area contributed by atoms with Crippen LogP contribution in [0.15, 0.2) is 22.7 Å². The second-order valence-corrected chi connectivity index (χ2v) is 5.26. The summed E-state index contributed by atoms with van der Waals surface area (Å²) in [4.78, 5) is 11.2. The zero-order chi connectivity index (χ0) is 13.1. The fourth-order valence-corrected chi connectivity index (χ4v) is 2.38. The van der Waals surface area contributed by atoms with Crippen LogP contribution in [0.5, 0.6) is 5.75 Å². The third kappa shape index (κ3) is 3.03. The number of hydrogen-bond donors (Lipinski definition) is 1. The van der Waals surface area contributed by atoms with Crippen molar-refractivity contribution in [2.75, 3.05) is 13.7 Å². The number of hydrogen-bond acceptors (Lipinski definition) is 4. The fraction of sp³-hybridized carbons (Fsp3) is 0.462. The van der Waals surface area contributed by atoms with Crippen molar-refractivity contribution in [1.82, 2.24) is 5.32 Å². The largest absolute Gasteiger partial charge is 0.488 e. The van der Waals surface area contributed by atoms with Crippen LogP contribution in [0.3, 0.4) is 0 Å². The van der Waals surface area contributed by atoms with Gasteiger partial charge in [0.15, 0.2) is 0 Å². The summed E-state index contributed by atoms with van der Waals surface area (Å²) < 4.78 is 11.5. The third-order valence-electron chi connectivity index (χ3n) is 2.97. The lowest BCUT2D eigenvalue weighted by Gasteiger charge is -2.15. The van der Waals surface area contributed by atoms with Crippen LogP contribution in [-0.4, -0.2) is 31.8 Å². The predicted molar refractivity (Wildman–Crippen MR) is 71.7 cm³/mol. The number of esters is 1. The lowest BCUT2D eigenvalue weighted by molar-refractivity contribution is -0.142. The molecule has 1 aliphatic heterocycles. The van der Waals surface area contributed by atoms with Crippen molar-refractivity contribution in [2.24, 2.45) is 0 Å². The van der Waals surface area contributed by atoms with E-state index < -0.39 is 0 Å². The summed E-state index contributed by atoms with van der Waals surface area (Å²) in [5, 5.41) is 3.11. The van der Waals surface area contributed by atoms with Crippen molar-refractivity contribution in [3.63, 3.8) is 0 Å². The Bertz CT molecular complexity index is 450. The van der Waals surface area contributed by atoms with Gasteiger partial charge in [0.05, 0.1) is 7.11 Å². The number of benzene rings is 1.